The van der Waals surface area contributed by atoms with E-state index in [4.69, 9.17) is 0 Å². The smallest absolute Gasteiger partial charge is 0.133 e. The number of hydrogen-bond acceptors (Lipinski definition) is 3. The fourth-order valence-corrected chi connectivity index (χ4v) is 2.35. The fraction of sp³-hybridized carbons (Fsp3) is 0.588. The van der Waals surface area contributed by atoms with Crippen molar-refractivity contribution < 1.29 is 0 Å². The van der Waals surface area contributed by atoms with Gasteiger partial charge in [0.05, 0.1) is 6.07 Å². The maximum absolute atomic E-state index is 9.83. The second-order valence-electron chi connectivity index (χ2n) is 6.13. The van der Waals surface area contributed by atoms with Gasteiger partial charge in [-0.1, -0.05) is 30.3 Å². The molecule has 0 saturated heterocycles. The van der Waals surface area contributed by atoms with Crippen molar-refractivity contribution >= 4 is 0 Å². The molecule has 0 aromatic heterocycles. The molecule has 0 radical (unpaired) electrons. The van der Waals surface area contributed by atoms with Gasteiger partial charge in [0.15, 0.2) is 0 Å². The first kappa shape index (κ1) is 15.0. The molecule has 1 saturated carbocycles. The van der Waals surface area contributed by atoms with E-state index in [1.54, 1.807) is 0 Å². The zero-order valence-corrected chi connectivity index (χ0v) is 12.8. The van der Waals surface area contributed by atoms with Crippen molar-refractivity contribution in [2.24, 2.45) is 0 Å². The molecule has 1 aromatic carbocycles. The molecule has 3 nitrogen and oxygen atoms in total. The molecule has 2 rings (SSSR count). The molecule has 0 heterocycles. The Morgan fingerprint density at radius 3 is 2.50 bits per heavy atom. The molecule has 1 unspecified atom stereocenters. The number of hydrogen-bond donors (Lipinski definition) is 1. The van der Waals surface area contributed by atoms with Crippen LogP contribution in [0.2, 0.25) is 0 Å². The molecule has 1 aliphatic carbocycles. The minimum Gasteiger partial charge on any atom is -0.304 e. The van der Waals surface area contributed by atoms with Crippen LogP contribution in [0.5, 0.6) is 0 Å². The number of rotatable bonds is 7. The van der Waals surface area contributed by atoms with Gasteiger partial charge in [0.25, 0.3) is 0 Å². The number of nitriles is 1. The van der Waals surface area contributed by atoms with E-state index in [1.807, 2.05) is 18.2 Å². The van der Waals surface area contributed by atoms with Crippen molar-refractivity contribution in [3.63, 3.8) is 0 Å². The third kappa shape index (κ3) is 3.59. The predicted octanol–water partition coefficient (Wildman–Crippen LogP) is 2.89. The molecule has 1 aromatic rings. The maximum atomic E-state index is 9.83. The van der Waals surface area contributed by atoms with E-state index in [0.717, 1.165) is 18.5 Å². The van der Waals surface area contributed by atoms with Crippen molar-refractivity contribution in [2.45, 2.75) is 50.7 Å². The van der Waals surface area contributed by atoms with Crippen LogP contribution in [0.3, 0.4) is 0 Å². The molecule has 3 heteroatoms. The summed E-state index contributed by atoms with van der Waals surface area (Å²) in [6, 6.07) is 13.7. The summed E-state index contributed by atoms with van der Waals surface area (Å²) in [7, 11) is 2.12. The molecule has 1 aliphatic rings. The largest absolute Gasteiger partial charge is 0.304 e. The average Bonchev–Trinajstić information content (AvgIpc) is 3.28. The van der Waals surface area contributed by atoms with Crippen LogP contribution in [0.25, 0.3) is 0 Å². The molecule has 1 fully saturated rings. The summed E-state index contributed by atoms with van der Waals surface area (Å²) in [5.74, 6) is 0. The summed E-state index contributed by atoms with van der Waals surface area (Å²) < 4.78 is 0. The SMILES string of the molecule is CC(C)N(C)CCC(C#N)(NC1CC1)c1ccccc1. The Labute approximate surface area is 122 Å². The van der Waals surface area contributed by atoms with Crippen LogP contribution in [-0.4, -0.2) is 30.6 Å². The third-order valence-corrected chi connectivity index (χ3v) is 4.21. The zero-order valence-electron chi connectivity index (χ0n) is 12.8. The lowest BCUT2D eigenvalue weighted by Gasteiger charge is -2.32. The van der Waals surface area contributed by atoms with Crippen molar-refractivity contribution in [1.29, 1.82) is 5.26 Å². The Kier molecular flexibility index (Phi) is 4.80. The lowest BCUT2D eigenvalue weighted by atomic mass is 9.87. The molecule has 0 bridgehead atoms. The van der Waals surface area contributed by atoms with Crippen LogP contribution in [0, 0.1) is 11.3 Å². The Bertz CT molecular complexity index is 459. The molecule has 0 spiro atoms. The Morgan fingerprint density at radius 2 is 2.00 bits per heavy atom. The van der Waals surface area contributed by atoms with Gasteiger partial charge in [-0.3, -0.25) is 5.32 Å². The van der Waals surface area contributed by atoms with Crippen LogP contribution < -0.4 is 5.32 Å². The molecule has 20 heavy (non-hydrogen) atoms. The number of benzene rings is 1. The molecule has 108 valence electrons. The van der Waals surface area contributed by atoms with E-state index in [2.05, 4.69) is 49.3 Å². The van der Waals surface area contributed by atoms with Gasteiger partial charge < -0.3 is 4.90 Å². The first-order valence-electron chi connectivity index (χ1n) is 7.52. The van der Waals surface area contributed by atoms with Crippen molar-refractivity contribution in [3.8, 4) is 6.07 Å². The van der Waals surface area contributed by atoms with Crippen molar-refractivity contribution in [1.82, 2.24) is 10.2 Å². The van der Waals surface area contributed by atoms with Crippen LogP contribution in [-0.2, 0) is 5.54 Å². The van der Waals surface area contributed by atoms with Gasteiger partial charge >= 0.3 is 0 Å². The lowest BCUT2D eigenvalue weighted by Crippen LogP contribution is -2.45. The Morgan fingerprint density at radius 1 is 1.35 bits per heavy atom. The van der Waals surface area contributed by atoms with Gasteiger partial charge in [-0.25, -0.2) is 0 Å². The summed E-state index contributed by atoms with van der Waals surface area (Å²) in [6.07, 6.45) is 3.20. The summed E-state index contributed by atoms with van der Waals surface area (Å²) in [4.78, 5) is 2.30. The van der Waals surface area contributed by atoms with E-state index in [-0.39, 0.29) is 0 Å². The van der Waals surface area contributed by atoms with Crippen molar-refractivity contribution in [2.75, 3.05) is 13.6 Å². The molecule has 0 amide bonds. The highest BCUT2D eigenvalue weighted by Gasteiger charge is 2.37. The van der Waals surface area contributed by atoms with Gasteiger partial charge in [-0.2, -0.15) is 5.26 Å². The summed E-state index contributed by atoms with van der Waals surface area (Å²) in [6.45, 7) is 5.29. The van der Waals surface area contributed by atoms with Gasteiger partial charge in [-0.15, -0.1) is 0 Å². The fourth-order valence-electron chi connectivity index (χ4n) is 2.35. The van der Waals surface area contributed by atoms with Gasteiger partial charge in [0, 0.05) is 18.6 Å². The minimum atomic E-state index is -0.550. The predicted molar refractivity (Wildman–Crippen MR) is 82.3 cm³/mol. The van der Waals surface area contributed by atoms with E-state index >= 15 is 0 Å². The standard InChI is InChI=1S/C17H25N3/c1-14(2)20(3)12-11-17(13-18,19-16-9-10-16)15-7-5-4-6-8-15/h4-8,14,16,19H,9-12H2,1-3H3. The van der Waals surface area contributed by atoms with Gasteiger partial charge in [0.2, 0.25) is 0 Å². The van der Waals surface area contributed by atoms with Gasteiger partial charge in [-0.05, 0) is 45.7 Å². The average molecular weight is 271 g/mol. The topological polar surface area (TPSA) is 39.1 Å². The highest BCUT2D eigenvalue weighted by Crippen LogP contribution is 2.31. The summed E-state index contributed by atoms with van der Waals surface area (Å²) >= 11 is 0. The molecular formula is C17H25N3. The van der Waals surface area contributed by atoms with Crippen LogP contribution in [0.1, 0.15) is 38.7 Å². The second-order valence-corrected chi connectivity index (χ2v) is 6.13. The monoisotopic (exact) mass is 271 g/mol. The molecule has 1 atom stereocenters. The maximum Gasteiger partial charge on any atom is 0.133 e. The lowest BCUT2D eigenvalue weighted by molar-refractivity contribution is 0.238. The van der Waals surface area contributed by atoms with Crippen molar-refractivity contribution in [3.05, 3.63) is 35.9 Å². The Hall–Kier alpha value is -1.37. The highest BCUT2D eigenvalue weighted by atomic mass is 15.1. The van der Waals surface area contributed by atoms with Crippen LogP contribution in [0.4, 0.5) is 0 Å². The van der Waals surface area contributed by atoms with Crippen LogP contribution in [0.15, 0.2) is 30.3 Å². The third-order valence-electron chi connectivity index (χ3n) is 4.21. The number of nitrogens with one attached hydrogen (secondary N) is 1. The Balaban J connectivity index is 2.17. The van der Waals surface area contributed by atoms with Crippen LogP contribution >= 0.6 is 0 Å². The highest BCUT2D eigenvalue weighted by molar-refractivity contribution is 5.32. The first-order valence-corrected chi connectivity index (χ1v) is 7.52. The number of nitrogens with zero attached hydrogens (tertiary/aromatic N) is 2. The van der Waals surface area contributed by atoms with E-state index < -0.39 is 5.54 Å². The van der Waals surface area contributed by atoms with E-state index in [9.17, 15) is 5.26 Å². The molecule has 1 N–H and O–H groups in total. The zero-order chi connectivity index (χ0) is 14.6. The van der Waals surface area contributed by atoms with E-state index in [0.29, 0.717) is 12.1 Å². The second kappa shape index (κ2) is 6.39. The normalized spacial score (nSPS) is 18.0. The quantitative estimate of drug-likeness (QED) is 0.829. The summed E-state index contributed by atoms with van der Waals surface area (Å²) in [5, 5.41) is 13.4. The van der Waals surface area contributed by atoms with Gasteiger partial charge in [0.1, 0.15) is 5.54 Å². The minimum absolute atomic E-state index is 0.503. The molecular weight excluding hydrogens is 246 g/mol. The molecule has 0 aliphatic heterocycles. The summed E-state index contributed by atoms with van der Waals surface area (Å²) in [5.41, 5.74) is 0.539. The first-order chi connectivity index (χ1) is 9.57. The van der Waals surface area contributed by atoms with E-state index in [1.165, 1.54) is 12.8 Å².